The Morgan fingerprint density at radius 1 is 0.217 bits per heavy atom. The van der Waals surface area contributed by atoms with Crippen LogP contribution in [0.25, 0.3) is 33.4 Å². The molecule has 0 unspecified atom stereocenters. The van der Waals surface area contributed by atoms with Gasteiger partial charge in [-0.1, -0.05) is 188 Å². The number of rotatable bonds is 21. The Hall–Kier alpha value is -13.9. The summed E-state index contributed by atoms with van der Waals surface area (Å²) in [7, 11) is 9.48. The number of methoxy groups -OCH3 is 2. The van der Waals surface area contributed by atoms with Gasteiger partial charge < -0.3 is 38.9 Å². The topological polar surface area (TPSA) is 81.0 Å². The van der Waals surface area contributed by atoms with E-state index in [1.165, 1.54) is 45.5 Å². The molecule has 15 aromatic carbocycles. The van der Waals surface area contributed by atoms with Crippen molar-refractivity contribution in [3.05, 3.63) is 410 Å². The van der Waals surface area contributed by atoms with Gasteiger partial charge in [0.1, 0.15) is 11.5 Å². The molecule has 0 aliphatic heterocycles. The minimum atomic E-state index is -0.386. The highest BCUT2D eigenvalue weighted by Gasteiger charge is 2.19. The van der Waals surface area contributed by atoms with Crippen LogP contribution in [0.4, 0.5) is 91.0 Å². The first-order valence-corrected chi connectivity index (χ1v) is 35.1. The second-order valence-electron chi connectivity index (χ2n) is 25.2. The van der Waals surface area contributed by atoms with Crippen molar-refractivity contribution in [1.82, 2.24) is 0 Å². The predicted octanol–water partition coefficient (Wildman–Crippen LogP) is 25.7. The van der Waals surface area contributed by atoms with E-state index in [0.29, 0.717) is 0 Å². The van der Waals surface area contributed by atoms with Gasteiger partial charge in [-0.3, -0.25) is 10.1 Å². The Morgan fingerprint density at radius 3 is 0.698 bits per heavy atom. The molecular formula is C95H81N7O4. The quantitative estimate of drug-likeness (QED) is 0.0513. The molecule has 11 nitrogen and oxygen atoms in total. The maximum absolute atomic E-state index is 11.0. The van der Waals surface area contributed by atoms with E-state index in [0.717, 1.165) is 96.8 Å². The Bertz CT molecular complexity index is 5210. The molecule has 0 aliphatic carbocycles. The van der Waals surface area contributed by atoms with Crippen molar-refractivity contribution in [3.63, 3.8) is 0 Å². The smallest absolute Gasteiger partial charge is 0.269 e. The Kier molecular flexibility index (Phi) is 22.7. The summed E-state index contributed by atoms with van der Waals surface area (Å²) in [6, 6.07) is 137. The average Bonchev–Trinajstić information content (AvgIpc) is 0.808. The number of para-hydroxylation sites is 3. The first-order valence-electron chi connectivity index (χ1n) is 35.1. The fraction of sp³-hybridized carbons (Fsp3) is 0.0526. The number of non-ortho nitro benzene ring substituents is 1. The molecule has 520 valence electrons. The van der Waals surface area contributed by atoms with Crippen LogP contribution in [0.3, 0.4) is 0 Å². The van der Waals surface area contributed by atoms with E-state index in [9.17, 15) is 10.1 Å². The molecule has 0 aliphatic rings. The zero-order chi connectivity index (χ0) is 73.0. The van der Waals surface area contributed by atoms with Gasteiger partial charge in [-0.15, -0.1) is 0 Å². The number of nitro benzene ring substituents is 1. The third-order valence-corrected chi connectivity index (χ3v) is 18.6. The molecule has 0 amide bonds. The molecule has 15 rings (SSSR count). The highest BCUT2D eigenvalue weighted by atomic mass is 16.6. The van der Waals surface area contributed by atoms with Gasteiger partial charge in [0.15, 0.2) is 0 Å². The van der Waals surface area contributed by atoms with Crippen LogP contribution in [-0.4, -0.2) is 40.3 Å². The van der Waals surface area contributed by atoms with Crippen molar-refractivity contribution in [2.24, 2.45) is 0 Å². The predicted molar refractivity (Wildman–Crippen MR) is 443 cm³/mol. The van der Waals surface area contributed by atoms with Crippen LogP contribution in [0, 0.1) is 10.1 Å². The summed E-state index contributed by atoms with van der Waals surface area (Å²) in [4.78, 5) is 23.7. The highest BCUT2D eigenvalue weighted by Crippen LogP contribution is 2.42. The molecule has 15 aromatic rings. The lowest BCUT2D eigenvalue weighted by Crippen LogP contribution is -2.12. The summed E-state index contributed by atoms with van der Waals surface area (Å²) < 4.78 is 10.7. The van der Waals surface area contributed by atoms with Crippen LogP contribution in [0.15, 0.2) is 400 Å². The van der Waals surface area contributed by atoms with Crippen molar-refractivity contribution < 1.29 is 14.4 Å². The maximum Gasteiger partial charge on any atom is 0.269 e. The van der Waals surface area contributed by atoms with Crippen LogP contribution >= 0.6 is 0 Å². The van der Waals surface area contributed by atoms with E-state index in [4.69, 9.17) is 9.47 Å². The molecule has 0 spiro atoms. The zero-order valence-electron chi connectivity index (χ0n) is 59.9. The molecule has 0 bridgehead atoms. The number of nitrogens with zero attached hydrogens (tertiary/aromatic N) is 7. The number of anilines is 15. The lowest BCUT2D eigenvalue weighted by Gasteiger charge is -2.27. The van der Waals surface area contributed by atoms with Crippen molar-refractivity contribution in [1.29, 1.82) is 0 Å². The lowest BCUT2D eigenvalue weighted by atomic mass is 10.0. The molecule has 0 aromatic heterocycles. The van der Waals surface area contributed by atoms with E-state index < -0.39 is 0 Å². The van der Waals surface area contributed by atoms with Crippen molar-refractivity contribution >= 4 is 91.0 Å². The van der Waals surface area contributed by atoms with Crippen molar-refractivity contribution in [2.45, 2.75) is 0 Å². The Balaban J connectivity index is 0.000000141. The summed E-state index contributed by atoms with van der Waals surface area (Å²) in [5, 5.41) is 11.0. The van der Waals surface area contributed by atoms with Crippen LogP contribution in [0.1, 0.15) is 0 Å². The number of nitro groups is 1. The first kappa shape index (κ1) is 70.5. The highest BCUT2D eigenvalue weighted by molar-refractivity contribution is 5.83. The van der Waals surface area contributed by atoms with E-state index >= 15 is 0 Å². The normalized spacial score (nSPS) is 10.6. The molecule has 0 atom stereocenters. The number of benzene rings is 15. The first-order chi connectivity index (χ1) is 52.0. The third kappa shape index (κ3) is 17.2. The standard InChI is InChI=1S/2C32H28N2O.C31H25N3O2/c1-33(31-14-9-15-32(24-31)35-2)27-20-22-30(23-21-27)34(28-12-7-4-8-13-28)29-18-16-26(17-19-29)25-10-5-3-6-11-25;1-33(28-21-23-32(35-2)24-22-28)27-17-19-31(20-18-27)34(29-11-7-4-8-12-29)30-15-13-26(14-16-30)25-9-5-3-6-10-25;1-32(27-18-22-31(23-19-27)34(35)36)26-16-20-30(21-17-26)33(28-10-6-3-7-11-28)29-14-12-25(13-15-29)24-8-4-2-5-9-24/h2*3-24H,1-2H3;2-23H,1H3. The van der Waals surface area contributed by atoms with Crippen LogP contribution in [0.5, 0.6) is 11.5 Å². The summed E-state index contributed by atoms with van der Waals surface area (Å²) in [6.45, 7) is 0. The average molecular weight is 1380 g/mol. The monoisotopic (exact) mass is 1380 g/mol. The summed E-state index contributed by atoms with van der Waals surface area (Å²) in [5.41, 5.74) is 23.4. The fourth-order valence-corrected chi connectivity index (χ4v) is 12.7. The molecule has 0 heterocycles. The van der Waals surface area contributed by atoms with E-state index in [-0.39, 0.29) is 10.6 Å². The molecule has 0 radical (unpaired) electrons. The van der Waals surface area contributed by atoms with Gasteiger partial charge in [-0.2, -0.15) is 0 Å². The molecule has 106 heavy (non-hydrogen) atoms. The second kappa shape index (κ2) is 34.2. The molecule has 0 fully saturated rings. The van der Waals surface area contributed by atoms with Crippen molar-refractivity contribution in [3.8, 4) is 44.9 Å². The lowest BCUT2D eigenvalue weighted by molar-refractivity contribution is -0.384. The van der Waals surface area contributed by atoms with Crippen LogP contribution in [0.2, 0.25) is 0 Å². The van der Waals surface area contributed by atoms with Gasteiger partial charge in [0.2, 0.25) is 0 Å². The van der Waals surface area contributed by atoms with Crippen molar-refractivity contribution in [2.75, 3.05) is 64.8 Å². The molecule has 0 N–H and O–H groups in total. The molecule has 0 saturated heterocycles. The van der Waals surface area contributed by atoms with Gasteiger partial charge in [0.05, 0.1) is 19.1 Å². The Morgan fingerprint density at radius 2 is 0.425 bits per heavy atom. The molecule has 11 heteroatoms. The van der Waals surface area contributed by atoms with E-state index in [2.05, 4.69) is 336 Å². The Labute approximate surface area is 622 Å². The van der Waals surface area contributed by atoms with Gasteiger partial charge in [0, 0.05) is 125 Å². The summed E-state index contributed by atoms with van der Waals surface area (Å²) >= 11 is 0. The molecule has 0 saturated carbocycles. The summed E-state index contributed by atoms with van der Waals surface area (Å²) in [6.07, 6.45) is 0. The second-order valence-corrected chi connectivity index (χ2v) is 25.2. The van der Waals surface area contributed by atoms with Gasteiger partial charge in [0.25, 0.3) is 5.69 Å². The van der Waals surface area contributed by atoms with E-state index in [1.54, 1.807) is 26.4 Å². The summed E-state index contributed by atoms with van der Waals surface area (Å²) in [5.74, 6) is 1.70. The van der Waals surface area contributed by atoms with Gasteiger partial charge >= 0.3 is 0 Å². The van der Waals surface area contributed by atoms with Crippen LogP contribution < -0.4 is 38.9 Å². The van der Waals surface area contributed by atoms with Gasteiger partial charge in [-0.05, 0) is 228 Å². The van der Waals surface area contributed by atoms with Gasteiger partial charge in [-0.25, -0.2) is 0 Å². The zero-order valence-corrected chi connectivity index (χ0v) is 59.9. The van der Waals surface area contributed by atoms with E-state index in [1.807, 2.05) is 90.8 Å². The minimum absolute atomic E-state index is 0.0827. The number of hydrogen-bond donors (Lipinski definition) is 0. The maximum atomic E-state index is 11.0. The number of hydrogen-bond acceptors (Lipinski definition) is 10. The third-order valence-electron chi connectivity index (χ3n) is 18.6. The fourth-order valence-electron chi connectivity index (χ4n) is 12.7. The van der Waals surface area contributed by atoms with Crippen LogP contribution in [-0.2, 0) is 0 Å². The largest absolute Gasteiger partial charge is 0.497 e. The minimum Gasteiger partial charge on any atom is -0.497 e. The molecular weight excluding hydrogens is 1300 g/mol. The number of ether oxygens (including phenoxy) is 2. The SMILES string of the molecule is CN(c1ccc(N(c2ccccc2)c2ccc(-c3ccccc3)cc2)cc1)c1ccc([N+](=O)[O-])cc1.COc1ccc(N(C)c2ccc(N(c3ccccc3)c3ccc(-c4ccccc4)cc3)cc2)cc1.COc1cccc(N(C)c2ccc(N(c3ccccc3)c3ccc(-c4ccccc4)cc3)cc2)c1.